The van der Waals surface area contributed by atoms with Crippen LogP contribution in [0.25, 0.3) is 11.0 Å². The van der Waals surface area contributed by atoms with Crippen LogP contribution >= 0.6 is 0 Å². The van der Waals surface area contributed by atoms with Gasteiger partial charge < -0.3 is 19.5 Å². The lowest BCUT2D eigenvalue weighted by Gasteiger charge is -2.41. The highest BCUT2D eigenvalue weighted by molar-refractivity contribution is 5.89. The maximum Gasteiger partial charge on any atom is 0.236 e. The number of carbonyl (C=O) groups is 2. The van der Waals surface area contributed by atoms with Crippen LogP contribution in [0.4, 0.5) is 0 Å². The molecular weight excluding hydrogens is 354 g/mol. The predicted molar refractivity (Wildman–Crippen MR) is 106 cm³/mol. The molecule has 6 heteroatoms. The van der Waals surface area contributed by atoms with Crippen molar-refractivity contribution in [3.8, 4) is 0 Å². The first-order chi connectivity index (χ1) is 13.7. The lowest BCUT2D eigenvalue weighted by Crippen LogP contribution is -2.57. The lowest BCUT2D eigenvalue weighted by molar-refractivity contribution is -0.140. The average Bonchev–Trinajstić information content (AvgIpc) is 3.33. The number of carbonyl (C=O) groups excluding carboxylic acids is 2. The Kier molecular flexibility index (Phi) is 4.59. The van der Waals surface area contributed by atoms with Crippen molar-refractivity contribution in [3.05, 3.63) is 35.1 Å². The summed E-state index contributed by atoms with van der Waals surface area (Å²) < 4.78 is 5.76. The molecule has 3 aliphatic rings. The molecule has 6 nitrogen and oxygen atoms in total. The Morgan fingerprint density at radius 1 is 1.18 bits per heavy atom. The van der Waals surface area contributed by atoms with Gasteiger partial charge in [0.05, 0.1) is 19.2 Å². The second-order valence-electron chi connectivity index (χ2n) is 8.31. The van der Waals surface area contributed by atoms with Crippen molar-refractivity contribution in [1.82, 2.24) is 15.1 Å². The van der Waals surface area contributed by atoms with Crippen molar-refractivity contribution in [2.24, 2.45) is 0 Å². The first-order valence-electron chi connectivity index (χ1n) is 10.5. The second-order valence-corrected chi connectivity index (χ2v) is 8.31. The van der Waals surface area contributed by atoms with Crippen molar-refractivity contribution in [2.45, 2.75) is 44.6 Å². The van der Waals surface area contributed by atoms with Crippen LogP contribution in [-0.4, -0.2) is 60.4 Å². The van der Waals surface area contributed by atoms with Gasteiger partial charge in [0.2, 0.25) is 11.8 Å². The third-order valence-electron chi connectivity index (χ3n) is 6.53. The molecule has 2 aliphatic heterocycles. The van der Waals surface area contributed by atoms with Crippen LogP contribution in [0.2, 0.25) is 0 Å². The zero-order valence-corrected chi connectivity index (χ0v) is 16.2. The molecule has 1 aromatic carbocycles. The van der Waals surface area contributed by atoms with E-state index >= 15 is 0 Å². The number of hydrogen-bond acceptors (Lipinski definition) is 4. The van der Waals surface area contributed by atoms with E-state index in [1.807, 2.05) is 9.80 Å². The Hall–Kier alpha value is -2.34. The quantitative estimate of drug-likeness (QED) is 0.882. The monoisotopic (exact) mass is 381 g/mol. The zero-order chi connectivity index (χ0) is 19.1. The van der Waals surface area contributed by atoms with Gasteiger partial charge in [-0.3, -0.25) is 9.59 Å². The minimum absolute atomic E-state index is 0.135. The summed E-state index contributed by atoms with van der Waals surface area (Å²) in [6.07, 6.45) is 7.50. The molecule has 0 spiro atoms. The molecule has 3 heterocycles. The fraction of sp³-hybridized carbons (Fsp3) is 0.545. The van der Waals surface area contributed by atoms with Crippen molar-refractivity contribution in [1.29, 1.82) is 0 Å². The summed E-state index contributed by atoms with van der Waals surface area (Å²) in [5, 5.41) is 4.20. The number of likely N-dealkylation sites (tertiary alicyclic amines) is 1. The third-order valence-corrected chi connectivity index (χ3v) is 6.53. The molecule has 2 saturated heterocycles. The van der Waals surface area contributed by atoms with Gasteiger partial charge in [0.1, 0.15) is 5.58 Å². The SMILES string of the molecule is O=C(Cc1coc2cc3c(cc12)CCC3)N1CCCC(N2CCNCC2=O)C1. The maximum absolute atomic E-state index is 13.0. The Balaban J connectivity index is 1.30. The molecule has 0 radical (unpaired) electrons. The summed E-state index contributed by atoms with van der Waals surface area (Å²) in [4.78, 5) is 29.1. The molecular formula is C22H27N3O3. The van der Waals surface area contributed by atoms with Crippen molar-refractivity contribution in [2.75, 3.05) is 32.7 Å². The van der Waals surface area contributed by atoms with Gasteiger partial charge in [-0.15, -0.1) is 0 Å². The summed E-state index contributed by atoms with van der Waals surface area (Å²) >= 11 is 0. The average molecular weight is 381 g/mol. The molecule has 2 fully saturated rings. The Bertz CT molecular complexity index is 919. The highest BCUT2D eigenvalue weighted by Gasteiger charge is 2.31. The van der Waals surface area contributed by atoms with E-state index in [0.29, 0.717) is 19.5 Å². The summed E-state index contributed by atoms with van der Waals surface area (Å²) in [6, 6.07) is 4.53. The van der Waals surface area contributed by atoms with E-state index < -0.39 is 0 Å². The fourth-order valence-electron chi connectivity index (χ4n) is 5.00. The maximum atomic E-state index is 13.0. The van der Waals surface area contributed by atoms with Gasteiger partial charge in [0.15, 0.2) is 0 Å². The van der Waals surface area contributed by atoms with Crippen LogP contribution in [0.15, 0.2) is 22.8 Å². The zero-order valence-electron chi connectivity index (χ0n) is 16.2. The van der Waals surface area contributed by atoms with Crippen LogP contribution in [0.5, 0.6) is 0 Å². The van der Waals surface area contributed by atoms with Gasteiger partial charge >= 0.3 is 0 Å². The molecule has 2 amide bonds. The summed E-state index contributed by atoms with van der Waals surface area (Å²) in [5.74, 6) is 0.288. The van der Waals surface area contributed by atoms with Crippen LogP contribution in [0.1, 0.15) is 36.0 Å². The standard InChI is InChI=1S/C22H27N3O3/c26-21(24-7-2-5-18(13-24)25-8-6-23-12-22(25)27)11-17-14-28-20-10-16-4-1-3-15(16)9-19(17)20/h9-10,14,18,23H,1-8,11-13H2. The molecule has 1 atom stereocenters. The number of amides is 2. The van der Waals surface area contributed by atoms with Gasteiger partial charge in [-0.1, -0.05) is 0 Å². The lowest BCUT2D eigenvalue weighted by atomic mass is 10.0. The number of piperazine rings is 1. The molecule has 148 valence electrons. The van der Waals surface area contributed by atoms with E-state index in [1.54, 1.807) is 6.26 Å². The number of rotatable bonds is 3. The van der Waals surface area contributed by atoms with Gasteiger partial charge in [-0.05, 0) is 55.4 Å². The van der Waals surface area contributed by atoms with E-state index in [9.17, 15) is 9.59 Å². The van der Waals surface area contributed by atoms with Crippen molar-refractivity contribution >= 4 is 22.8 Å². The van der Waals surface area contributed by atoms with Crippen molar-refractivity contribution < 1.29 is 14.0 Å². The minimum atomic E-state index is 0.135. The summed E-state index contributed by atoms with van der Waals surface area (Å²) in [5.41, 5.74) is 4.67. The van der Waals surface area contributed by atoms with E-state index in [4.69, 9.17) is 4.42 Å². The number of fused-ring (bicyclic) bond motifs is 2. The normalized spacial score (nSPS) is 22.7. The van der Waals surface area contributed by atoms with E-state index in [-0.39, 0.29) is 17.9 Å². The first-order valence-corrected chi connectivity index (χ1v) is 10.5. The van der Waals surface area contributed by atoms with Gasteiger partial charge in [0, 0.05) is 43.2 Å². The van der Waals surface area contributed by atoms with E-state index in [2.05, 4.69) is 17.4 Å². The van der Waals surface area contributed by atoms with Gasteiger partial charge in [0.25, 0.3) is 0 Å². The largest absolute Gasteiger partial charge is 0.464 e. The van der Waals surface area contributed by atoms with E-state index in [1.165, 1.54) is 17.5 Å². The topological polar surface area (TPSA) is 65.8 Å². The summed E-state index contributed by atoms with van der Waals surface area (Å²) in [7, 11) is 0. The molecule has 5 rings (SSSR count). The molecule has 1 unspecified atom stereocenters. The molecule has 0 bridgehead atoms. The number of nitrogens with zero attached hydrogens (tertiary/aromatic N) is 2. The van der Waals surface area contributed by atoms with Crippen LogP contribution < -0.4 is 5.32 Å². The number of piperidine rings is 1. The fourth-order valence-corrected chi connectivity index (χ4v) is 5.00. The summed E-state index contributed by atoms with van der Waals surface area (Å²) in [6.45, 7) is 3.41. The highest BCUT2D eigenvalue weighted by atomic mass is 16.3. The van der Waals surface area contributed by atoms with E-state index in [0.717, 1.165) is 61.9 Å². The molecule has 28 heavy (non-hydrogen) atoms. The van der Waals surface area contributed by atoms with Crippen LogP contribution in [0, 0.1) is 0 Å². The van der Waals surface area contributed by atoms with Gasteiger partial charge in [-0.2, -0.15) is 0 Å². The second kappa shape index (κ2) is 7.24. The number of hydrogen-bond donors (Lipinski definition) is 1. The molecule has 1 N–H and O–H groups in total. The Morgan fingerprint density at radius 2 is 2.04 bits per heavy atom. The third kappa shape index (κ3) is 3.20. The molecule has 1 aliphatic carbocycles. The number of furan rings is 1. The number of nitrogens with one attached hydrogen (secondary N) is 1. The number of benzene rings is 1. The molecule has 1 aromatic heterocycles. The van der Waals surface area contributed by atoms with Gasteiger partial charge in [-0.25, -0.2) is 0 Å². The van der Waals surface area contributed by atoms with Crippen LogP contribution in [0.3, 0.4) is 0 Å². The smallest absolute Gasteiger partial charge is 0.236 e. The highest BCUT2D eigenvalue weighted by Crippen LogP contribution is 2.31. The Morgan fingerprint density at radius 3 is 2.89 bits per heavy atom. The first kappa shape index (κ1) is 17.7. The van der Waals surface area contributed by atoms with Crippen LogP contribution in [-0.2, 0) is 28.9 Å². The molecule has 0 saturated carbocycles. The number of aryl methyl sites for hydroxylation is 2. The Labute approximate surface area is 164 Å². The predicted octanol–water partition coefficient (Wildman–Crippen LogP) is 1.89. The van der Waals surface area contributed by atoms with Crippen molar-refractivity contribution in [3.63, 3.8) is 0 Å². The molecule has 2 aromatic rings. The minimum Gasteiger partial charge on any atom is -0.464 e.